The Balaban J connectivity index is -0.000000180. The summed E-state index contributed by atoms with van der Waals surface area (Å²) in [4.78, 5) is 0. The van der Waals surface area contributed by atoms with Gasteiger partial charge in [0.15, 0.2) is 0 Å². The maximum Gasteiger partial charge on any atom is 1.00 e. The molecule has 0 fully saturated rings. The molecule has 0 amide bonds. The molecule has 9 heavy (non-hydrogen) atoms. The zero-order valence-electron chi connectivity index (χ0n) is 4.77. The second kappa shape index (κ2) is 2.87. The Labute approximate surface area is 92.7 Å². The van der Waals surface area contributed by atoms with Gasteiger partial charge >= 0.3 is 94.0 Å². The molecule has 0 aliphatic heterocycles. The Morgan fingerprint density at radius 3 is 0.556 bits per heavy atom. The molecular weight excluding hydrogens is 233 g/mol. The third-order valence-corrected chi connectivity index (χ3v) is 0. The van der Waals surface area contributed by atoms with E-state index in [4.69, 9.17) is 0 Å². The summed E-state index contributed by atoms with van der Waals surface area (Å²) in [7, 11) is 0. The van der Waals surface area contributed by atoms with E-state index in [1.807, 2.05) is 0 Å². The molecule has 0 aliphatic rings. The molecule has 0 saturated heterocycles. The molecule has 0 saturated carbocycles. The molecule has 0 aromatic heterocycles. The fraction of sp³-hybridized carbons (Fsp3) is 0. The first-order valence-corrected chi connectivity index (χ1v) is 5.89. The van der Waals surface area contributed by atoms with Crippen LogP contribution in [0.2, 0.25) is 0 Å². The number of hydrogen-bond donors (Lipinski definition) is 0. The van der Waals surface area contributed by atoms with Gasteiger partial charge in [0, 0.05) is 0 Å². The van der Waals surface area contributed by atoms with E-state index < -0.39 is 13.9 Å². The van der Waals surface area contributed by atoms with Crippen LogP contribution in [0.1, 0.15) is 0 Å². The maximum atomic E-state index is 9.92. The summed E-state index contributed by atoms with van der Waals surface area (Å²) in [5.41, 5.74) is 0. The van der Waals surface area contributed by atoms with Crippen molar-refractivity contribution in [2.24, 2.45) is 0 Å². The third-order valence-electron chi connectivity index (χ3n) is 0. The molecule has 0 spiro atoms. The van der Waals surface area contributed by atoms with Gasteiger partial charge in [-0.2, -0.15) is 0 Å². The molecule has 0 unspecified atom stereocenters. The molecule has 0 heterocycles. The van der Waals surface area contributed by atoms with Gasteiger partial charge in [0.05, 0.1) is 0 Å². The van der Waals surface area contributed by atoms with Crippen molar-refractivity contribution >= 4 is 13.9 Å². The molecule has 0 aliphatic carbocycles. The van der Waals surface area contributed by atoms with E-state index in [2.05, 4.69) is 0 Å². The smallest absolute Gasteiger partial charge is 1.00 e. The van der Waals surface area contributed by atoms with Crippen LogP contribution in [0.4, 0.5) is 21.0 Å². The minimum absolute atomic E-state index is 0. The molecule has 0 radical (unpaired) electrons. The Hall–Kier alpha value is 2.12. The van der Waals surface area contributed by atoms with E-state index in [1.165, 1.54) is 0 Å². The second-order valence-electron chi connectivity index (χ2n) is 1.07. The number of halogens is 6. The predicted molar refractivity (Wildman–Crippen MR) is 12.4 cm³/mol. The topological polar surface area (TPSA) is 0 Å². The monoisotopic (exact) mass is 234 g/mol. The molecule has 0 aromatic rings. The minimum Gasteiger partial charge on any atom is 1.00 e. The van der Waals surface area contributed by atoms with Crippen LogP contribution in [0.3, 0.4) is 0 Å². The van der Waals surface area contributed by atoms with Gasteiger partial charge in [-0.25, -0.2) is 0 Å². The van der Waals surface area contributed by atoms with Gasteiger partial charge in [-0.05, 0) is 0 Å². The first kappa shape index (κ1) is 17.3. The van der Waals surface area contributed by atoms with E-state index in [1.54, 1.807) is 0 Å². The largest absolute Gasteiger partial charge is 1.00 e. The van der Waals surface area contributed by atoms with Gasteiger partial charge in [0.1, 0.15) is 0 Å². The van der Waals surface area contributed by atoms with Crippen molar-refractivity contribution in [3.05, 3.63) is 0 Å². The molecule has 9 heteroatoms. The summed E-state index contributed by atoms with van der Waals surface area (Å²) < 4.78 is 59.5. The van der Waals surface area contributed by atoms with Crippen molar-refractivity contribution < 1.29 is 80.1 Å². The first-order chi connectivity index (χ1) is 2.45. The fourth-order valence-corrected chi connectivity index (χ4v) is 0. The van der Waals surface area contributed by atoms with E-state index in [0.29, 0.717) is 0 Å². The number of rotatable bonds is 0. The molecule has 0 rings (SSSR count). The van der Waals surface area contributed by atoms with Crippen LogP contribution in [0.5, 0.6) is 0 Å². The molecular formula is F6GeNa2. The van der Waals surface area contributed by atoms with Crippen LogP contribution in [0, 0.1) is 0 Å². The molecule has 0 aromatic carbocycles. The van der Waals surface area contributed by atoms with Gasteiger partial charge < -0.3 is 0 Å². The van der Waals surface area contributed by atoms with E-state index in [-0.39, 0.29) is 59.1 Å². The predicted octanol–water partition coefficient (Wildman–Crippen LogP) is -3.85. The van der Waals surface area contributed by atoms with Crippen LogP contribution in [0.25, 0.3) is 0 Å². The van der Waals surface area contributed by atoms with E-state index >= 15 is 0 Å². The Morgan fingerprint density at radius 1 is 0.556 bits per heavy atom. The quantitative estimate of drug-likeness (QED) is 0.296. The van der Waals surface area contributed by atoms with Crippen LogP contribution in [-0.4, -0.2) is 13.9 Å². The molecule has 0 atom stereocenters. The number of hydrogen-bond acceptors (Lipinski definition) is 0. The van der Waals surface area contributed by atoms with Crippen molar-refractivity contribution in [3.8, 4) is 0 Å². The van der Waals surface area contributed by atoms with Gasteiger partial charge in [0.2, 0.25) is 0 Å². The van der Waals surface area contributed by atoms with Gasteiger partial charge in [-0.1, -0.05) is 0 Å². The SMILES string of the molecule is [F][Ge-2]([F])([F])([F])([F])[F].[Na+].[Na+]. The fourth-order valence-electron chi connectivity index (χ4n) is 0. The maximum absolute atomic E-state index is 11.2. The zero-order valence-corrected chi connectivity index (χ0v) is 10.9. The van der Waals surface area contributed by atoms with Crippen molar-refractivity contribution in [3.63, 3.8) is 0 Å². The second-order valence-corrected chi connectivity index (χ2v) is 5.57. The molecule has 0 nitrogen and oxygen atoms in total. The minimum atomic E-state index is -11.2. The zero-order chi connectivity index (χ0) is 6.41. The van der Waals surface area contributed by atoms with Crippen molar-refractivity contribution in [2.75, 3.05) is 0 Å². The van der Waals surface area contributed by atoms with Crippen molar-refractivity contribution in [1.29, 1.82) is 0 Å². The van der Waals surface area contributed by atoms with Crippen LogP contribution in [-0.2, 0) is 0 Å². The molecule has 0 bridgehead atoms. The van der Waals surface area contributed by atoms with Crippen LogP contribution >= 0.6 is 0 Å². The normalized spacial score (nSPS) is 18.0. The first-order valence-electron chi connectivity index (χ1n) is 1.13. The van der Waals surface area contributed by atoms with Crippen molar-refractivity contribution in [2.45, 2.75) is 0 Å². The van der Waals surface area contributed by atoms with Gasteiger partial charge in [0.25, 0.3) is 0 Å². The van der Waals surface area contributed by atoms with E-state index in [0.717, 1.165) is 0 Å². The van der Waals surface area contributed by atoms with E-state index in [9.17, 15) is 21.0 Å². The third kappa shape index (κ3) is 148. The Bertz CT molecular complexity index is 69.6. The van der Waals surface area contributed by atoms with Crippen LogP contribution in [0.15, 0.2) is 0 Å². The molecule has 0 N–H and O–H groups in total. The summed E-state index contributed by atoms with van der Waals surface area (Å²) in [5.74, 6) is 0. The summed E-state index contributed by atoms with van der Waals surface area (Å²) in [6, 6.07) is 0. The summed E-state index contributed by atoms with van der Waals surface area (Å²) in [6.07, 6.45) is 0. The summed E-state index contributed by atoms with van der Waals surface area (Å²) >= 11 is -11.2. The van der Waals surface area contributed by atoms with Gasteiger partial charge in [-0.15, -0.1) is 0 Å². The van der Waals surface area contributed by atoms with Crippen LogP contribution < -0.4 is 59.1 Å². The average Bonchev–Trinajstić information content (AvgIpc) is 0.592. The average molecular weight is 233 g/mol. The Kier molecular flexibility index (Phi) is 5.52. The van der Waals surface area contributed by atoms with Gasteiger partial charge in [-0.3, -0.25) is 0 Å². The standard InChI is InChI=1S/F6Ge.2Na/c1-7(2,3,4,5)6;;/q-2;2*+1. The van der Waals surface area contributed by atoms with Crippen molar-refractivity contribution in [1.82, 2.24) is 0 Å². The summed E-state index contributed by atoms with van der Waals surface area (Å²) in [6.45, 7) is 0. The summed E-state index contributed by atoms with van der Waals surface area (Å²) in [5, 5.41) is 0. The Morgan fingerprint density at radius 2 is 0.556 bits per heavy atom. The molecule has 48 valence electrons.